The minimum absolute atomic E-state index is 0.0134. The second-order valence-electron chi connectivity index (χ2n) is 5.30. The van der Waals surface area contributed by atoms with Gasteiger partial charge in [0.1, 0.15) is 0 Å². The number of nitrogens with one attached hydrogen (secondary N) is 1. The molecule has 122 valence electrons. The zero-order chi connectivity index (χ0) is 16.8. The van der Waals surface area contributed by atoms with Gasteiger partial charge in [-0.25, -0.2) is 9.97 Å². The van der Waals surface area contributed by atoms with Gasteiger partial charge >= 0.3 is 0 Å². The van der Waals surface area contributed by atoms with Gasteiger partial charge in [-0.2, -0.15) is 0 Å². The van der Waals surface area contributed by atoms with Gasteiger partial charge in [0.15, 0.2) is 5.16 Å². The zero-order valence-electron chi connectivity index (χ0n) is 13.5. The highest BCUT2D eigenvalue weighted by atomic mass is 35.5. The summed E-state index contributed by atoms with van der Waals surface area (Å²) < 4.78 is 0. The molecule has 1 unspecified atom stereocenters. The van der Waals surface area contributed by atoms with Crippen LogP contribution in [0, 0.1) is 13.8 Å². The van der Waals surface area contributed by atoms with Crippen molar-refractivity contribution in [2.75, 3.05) is 5.75 Å². The standard InChI is InChI=1S/C17H20ClN3OS/c1-4-15(13-5-7-14(18)8-6-13)21-16(22)10-23-17-19-11(2)9-12(3)20-17/h5-9,15H,4,10H2,1-3H3,(H,21,22). The molecule has 0 saturated carbocycles. The van der Waals surface area contributed by atoms with E-state index in [1.54, 1.807) is 0 Å². The maximum Gasteiger partial charge on any atom is 0.230 e. The number of aryl methyl sites for hydroxylation is 2. The van der Waals surface area contributed by atoms with Crippen LogP contribution in [0.5, 0.6) is 0 Å². The van der Waals surface area contributed by atoms with Crippen LogP contribution in [0.15, 0.2) is 35.5 Å². The van der Waals surface area contributed by atoms with E-state index in [4.69, 9.17) is 11.6 Å². The number of hydrogen-bond donors (Lipinski definition) is 1. The Labute approximate surface area is 146 Å². The third-order valence-corrected chi connectivity index (χ3v) is 4.41. The van der Waals surface area contributed by atoms with E-state index in [0.717, 1.165) is 23.4 Å². The number of amides is 1. The van der Waals surface area contributed by atoms with E-state index in [-0.39, 0.29) is 11.9 Å². The van der Waals surface area contributed by atoms with Crippen molar-refractivity contribution in [2.24, 2.45) is 0 Å². The van der Waals surface area contributed by atoms with Crippen molar-refractivity contribution in [1.29, 1.82) is 0 Å². The monoisotopic (exact) mass is 349 g/mol. The molecule has 1 amide bonds. The summed E-state index contributed by atoms with van der Waals surface area (Å²) in [4.78, 5) is 20.8. The number of benzene rings is 1. The lowest BCUT2D eigenvalue weighted by molar-refractivity contribution is -0.119. The minimum atomic E-state index is -0.0282. The molecule has 1 aromatic carbocycles. The lowest BCUT2D eigenvalue weighted by Crippen LogP contribution is -2.29. The van der Waals surface area contributed by atoms with Crippen molar-refractivity contribution < 1.29 is 4.79 Å². The Bertz CT molecular complexity index is 656. The molecule has 2 rings (SSSR count). The summed E-state index contributed by atoms with van der Waals surface area (Å²) in [7, 11) is 0. The Hall–Kier alpha value is -1.59. The first-order valence-electron chi connectivity index (χ1n) is 7.48. The van der Waals surface area contributed by atoms with Gasteiger partial charge in [-0.05, 0) is 44.0 Å². The van der Waals surface area contributed by atoms with Crippen LogP contribution in [-0.4, -0.2) is 21.6 Å². The number of thioether (sulfide) groups is 1. The van der Waals surface area contributed by atoms with Crippen molar-refractivity contribution in [2.45, 2.75) is 38.4 Å². The number of aromatic nitrogens is 2. The molecular formula is C17H20ClN3OS. The number of nitrogens with zero attached hydrogens (tertiary/aromatic N) is 2. The van der Waals surface area contributed by atoms with Crippen molar-refractivity contribution in [3.63, 3.8) is 0 Å². The summed E-state index contributed by atoms with van der Waals surface area (Å²) in [6.45, 7) is 5.89. The van der Waals surface area contributed by atoms with Crippen LogP contribution in [0.1, 0.15) is 36.3 Å². The van der Waals surface area contributed by atoms with E-state index in [9.17, 15) is 4.79 Å². The first-order chi connectivity index (χ1) is 11.0. The Morgan fingerprint density at radius 2 is 1.83 bits per heavy atom. The van der Waals surface area contributed by atoms with Crippen molar-refractivity contribution >= 4 is 29.3 Å². The van der Waals surface area contributed by atoms with Crippen molar-refractivity contribution in [1.82, 2.24) is 15.3 Å². The van der Waals surface area contributed by atoms with Crippen molar-refractivity contribution in [3.05, 3.63) is 52.3 Å². The maximum absolute atomic E-state index is 12.2. The molecule has 6 heteroatoms. The van der Waals surface area contributed by atoms with Gasteiger partial charge in [0.05, 0.1) is 11.8 Å². The van der Waals surface area contributed by atoms with E-state index in [1.165, 1.54) is 11.8 Å². The second kappa shape index (κ2) is 8.31. The van der Waals surface area contributed by atoms with Gasteiger partial charge in [-0.1, -0.05) is 42.4 Å². The summed E-state index contributed by atoms with van der Waals surface area (Å²) >= 11 is 7.26. The zero-order valence-corrected chi connectivity index (χ0v) is 15.0. The molecule has 0 spiro atoms. The van der Waals surface area contributed by atoms with Crippen LogP contribution < -0.4 is 5.32 Å². The van der Waals surface area contributed by atoms with Crippen LogP contribution in [0.4, 0.5) is 0 Å². The third-order valence-electron chi connectivity index (χ3n) is 3.31. The van der Waals surface area contributed by atoms with Gasteiger partial charge in [0, 0.05) is 16.4 Å². The Kier molecular flexibility index (Phi) is 6.42. The van der Waals surface area contributed by atoms with Crippen LogP contribution >= 0.6 is 23.4 Å². The van der Waals surface area contributed by atoms with Gasteiger partial charge in [0.2, 0.25) is 5.91 Å². The summed E-state index contributed by atoms with van der Waals surface area (Å²) in [5, 5.41) is 4.37. The fourth-order valence-corrected chi connectivity index (χ4v) is 3.13. The largest absolute Gasteiger partial charge is 0.349 e. The smallest absolute Gasteiger partial charge is 0.230 e. The van der Waals surface area contributed by atoms with Crippen LogP contribution in [-0.2, 0) is 4.79 Å². The molecule has 1 heterocycles. The van der Waals surface area contributed by atoms with E-state index in [0.29, 0.717) is 15.9 Å². The summed E-state index contributed by atoms with van der Waals surface area (Å²) in [5.41, 5.74) is 2.87. The van der Waals surface area contributed by atoms with E-state index in [2.05, 4.69) is 15.3 Å². The summed E-state index contributed by atoms with van der Waals surface area (Å²) in [6.07, 6.45) is 0.818. The van der Waals surface area contributed by atoms with E-state index in [1.807, 2.05) is 51.1 Å². The van der Waals surface area contributed by atoms with Crippen LogP contribution in [0.25, 0.3) is 0 Å². The molecule has 0 radical (unpaired) electrons. The molecule has 0 bridgehead atoms. The summed E-state index contributed by atoms with van der Waals surface area (Å²) in [5.74, 6) is 0.270. The minimum Gasteiger partial charge on any atom is -0.349 e. The average Bonchev–Trinajstić information content (AvgIpc) is 2.51. The molecule has 1 aromatic heterocycles. The molecule has 2 aromatic rings. The third kappa shape index (κ3) is 5.52. The van der Waals surface area contributed by atoms with Gasteiger partial charge in [-0.15, -0.1) is 0 Å². The van der Waals surface area contributed by atoms with Crippen LogP contribution in [0.2, 0.25) is 5.02 Å². The Balaban J connectivity index is 1.93. The SMILES string of the molecule is CCC(NC(=O)CSc1nc(C)cc(C)n1)c1ccc(Cl)cc1. The average molecular weight is 350 g/mol. The number of rotatable bonds is 6. The van der Waals surface area contributed by atoms with Gasteiger partial charge in [-0.3, -0.25) is 4.79 Å². The molecular weight excluding hydrogens is 330 g/mol. The molecule has 0 aliphatic heterocycles. The predicted molar refractivity (Wildman–Crippen MR) is 94.9 cm³/mol. The highest BCUT2D eigenvalue weighted by Gasteiger charge is 2.13. The maximum atomic E-state index is 12.2. The lowest BCUT2D eigenvalue weighted by Gasteiger charge is -2.17. The molecule has 4 nitrogen and oxygen atoms in total. The van der Waals surface area contributed by atoms with E-state index < -0.39 is 0 Å². The topological polar surface area (TPSA) is 54.9 Å². The highest BCUT2D eigenvalue weighted by molar-refractivity contribution is 7.99. The number of carbonyl (C=O) groups is 1. The molecule has 23 heavy (non-hydrogen) atoms. The predicted octanol–water partition coefficient (Wildman–Crippen LogP) is 4.11. The quantitative estimate of drug-likeness (QED) is 0.630. The molecule has 0 aliphatic rings. The second-order valence-corrected chi connectivity index (χ2v) is 6.68. The van der Waals surface area contributed by atoms with Gasteiger partial charge in [0.25, 0.3) is 0 Å². The fourth-order valence-electron chi connectivity index (χ4n) is 2.24. The van der Waals surface area contributed by atoms with Crippen molar-refractivity contribution in [3.8, 4) is 0 Å². The number of hydrogen-bond acceptors (Lipinski definition) is 4. The van der Waals surface area contributed by atoms with Crippen LogP contribution in [0.3, 0.4) is 0 Å². The van der Waals surface area contributed by atoms with Gasteiger partial charge < -0.3 is 5.32 Å². The Morgan fingerprint density at radius 3 is 2.39 bits per heavy atom. The first kappa shape index (κ1) is 17.8. The summed E-state index contributed by atoms with van der Waals surface area (Å²) in [6, 6.07) is 9.46. The fraction of sp³-hybridized carbons (Fsp3) is 0.353. The molecule has 1 N–H and O–H groups in total. The molecule has 0 fully saturated rings. The normalized spacial score (nSPS) is 12.0. The lowest BCUT2D eigenvalue weighted by atomic mass is 10.0. The first-order valence-corrected chi connectivity index (χ1v) is 8.84. The van der Waals surface area contributed by atoms with E-state index >= 15 is 0 Å². The molecule has 1 atom stereocenters. The molecule has 0 saturated heterocycles. The number of carbonyl (C=O) groups excluding carboxylic acids is 1. The Morgan fingerprint density at radius 1 is 1.22 bits per heavy atom. The molecule has 0 aliphatic carbocycles. The highest BCUT2D eigenvalue weighted by Crippen LogP contribution is 2.20. The number of halogens is 1.